The Bertz CT molecular complexity index is 132. The van der Waals surface area contributed by atoms with Crippen LogP contribution in [0.25, 0.3) is 0 Å². The summed E-state index contributed by atoms with van der Waals surface area (Å²) in [6.07, 6.45) is -6.11. The summed E-state index contributed by atoms with van der Waals surface area (Å²) < 4.78 is 35.8. The number of hydrogen-bond acceptors (Lipinski definition) is 2. The van der Waals surface area contributed by atoms with Gasteiger partial charge in [0.1, 0.15) is 6.04 Å². The molecule has 0 aromatic carbocycles. The van der Waals surface area contributed by atoms with Gasteiger partial charge < -0.3 is 10.8 Å². The van der Waals surface area contributed by atoms with Crippen molar-refractivity contribution >= 4 is 0 Å². The molecule has 0 aliphatic heterocycles. The van der Waals surface area contributed by atoms with Gasteiger partial charge in [0.05, 0.1) is 6.10 Å². The van der Waals surface area contributed by atoms with Gasteiger partial charge in [-0.05, 0) is 5.41 Å². The topological polar surface area (TPSA) is 46.2 Å². The average molecular weight is 185 g/mol. The molecule has 0 saturated carbocycles. The Labute approximate surface area is 69.6 Å². The fourth-order valence-corrected chi connectivity index (χ4v) is 0.718. The van der Waals surface area contributed by atoms with Crippen molar-refractivity contribution in [1.82, 2.24) is 0 Å². The highest BCUT2D eigenvalue weighted by molar-refractivity contribution is 4.86. The van der Waals surface area contributed by atoms with E-state index in [1.807, 2.05) is 0 Å². The summed E-state index contributed by atoms with van der Waals surface area (Å²) in [5.74, 6) is 0. The van der Waals surface area contributed by atoms with Crippen molar-refractivity contribution in [2.45, 2.75) is 39.1 Å². The van der Waals surface area contributed by atoms with E-state index in [0.717, 1.165) is 0 Å². The van der Waals surface area contributed by atoms with Crippen LogP contribution < -0.4 is 5.73 Å². The lowest BCUT2D eigenvalue weighted by Crippen LogP contribution is -2.52. The Kier molecular flexibility index (Phi) is 3.14. The van der Waals surface area contributed by atoms with Crippen LogP contribution in [0.1, 0.15) is 20.8 Å². The van der Waals surface area contributed by atoms with E-state index in [4.69, 9.17) is 10.8 Å². The maximum absolute atomic E-state index is 11.9. The Morgan fingerprint density at radius 2 is 1.50 bits per heavy atom. The van der Waals surface area contributed by atoms with Gasteiger partial charge in [0.2, 0.25) is 0 Å². The molecule has 0 aliphatic rings. The maximum Gasteiger partial charge on any atom is 0.406 e. The first kappa shape index (κ1) is 11.7. The third kappa shape index (κ3) is 2.98. The number of alkyl halides is 3. The Balaban J connectivity index is 4.41. The van der Waals surface area contributed by atoms with Gasteiger partial charge in [0.25, 0.3) is 0 Å². The van der Waals surface area contributed by atoms with Gasteiger partial charge in [-0.3, -0.25) is 0 Å². The first-order valence-electron chi connectivity index (χ1n) is 3.57. The lowest BCUT2D eigenvalue weighted by molar-refractivity contribution is -0.180. The zero-order valence-electron chi connectivity index (χ0n) is 7.31. The second-order valence-electron chi connectivity index (χ2n) is 3.88. The van der Waals surface area contributed by atoms with Crippen molar-refractivity contribution in [2.75, 3.05) is 0 Å². The Morgan fingerprint density at radius 1 is 1.17 bits per heavy atom. The molecule has 0 amide bonds. The molecule has 0 saturated heterocycles. The van der Waals surface area contributed by atoms with Gasteiger partial charge in [0.15, 0.2) is 0 Å². The molecule has 5 heteroatoms. The number of aliphatic hydroxyl groups is 1. The van der Waals surface area contributed by atoms with Crippen molar-refractivity contribution in [3.8, 4) is 0 Å². The third-order valence-electron chi connectivity index (χ3n) is 1.61. The van der Waals surface area contributed by atoms with Gasteiger partial charge in [-0.15, -0.1) is 0 Å². The van der Waals surface area contributed by atoms with E-state index in [2.05, 4.69) is 0 Å². The van der Waals surface area contributed by atoms with Crippen molar-refractivity contribution in [3.05, 3.63) is 0 Å². The molecule has 2 atom stereocenters. The Hall–Kier alpha value is -0.290. The smallest absolute Gasteiger partial charge is 0.391 e. The molecule has 0 aromatic rings. The normalized spacial score (nSPS) is 19.0. The van der Waals surface area contributed by atoms with E-state index in [9.17, 15) is 13.2 Å². The van der Waals surface area contributed by atoms with Crippen LogP contribution >= 0.6 is 0 Å². The van der Waals surface area contributed by atoms with Crippen LogP contribution in [0.4, 0.5) is 13.2 Å². The quantitative estimate of drug-likeness (QED) is 0.646. The van der Waals surface area contributed by atoms with Crippen molar-refractivity contribution in [2.24, 2.45) is 11.1 Å². The van der Waals surface area contributed by atoms with E-state index in [-0.39, 0.29) is 0 Å². The number of hydrogen-bond donors (Lipinski definition) is 2. The standard InChI is InChI=1S/C7H14F3NO/c1-6(2,3)5(12)4(11)7(8,9)10/h4-5,12H,11H2,1-3H3/t4-,5+/m0/s1. The molecule has 3 N–H and O–H groups in total. The van der Waals surface area contributed by atoms with Crippen molar-refractivity contribution < 1.29 is 18.3 Å². The molecular weight excluding hydrogens is 171 g/mol. The molecule has 0 unspecified atom stereocenters. The minimum Gasteiger partial charge on any atom is -0.391 e. The predicted octanol–water partition coefficient (Wildman–Crippen LogP) is 1.28. The molecule has 0 aliphatic carbocycles. The van der Waals surface area contributed by atoms with E-state index in [1.165, 1.54) is 20.8 Å². The minimum absolute atomic E-state index is 0.852. The minimum atomic E-state index is -4.54. The summed E-state index contributed by atoms with van der Waals surface area (Å²) >= 11 is 0. The molecule has 0 spiro atoms. The molecule has 0 bridgehead atoms. The van der Waals surface area contributed by atoms with E-state index in [1.54, 1.807) is 0 Å². The predicted molar refractivity (Wildman–Crippen MR) is 39.5 cm³/mol. The number of halogens is 3. The summed E-state index contributed by atoms with van der Waals surface area (Å²) in [5, 5.41) is 9.14. The maximum atomic E-state index is 11.9. The molecule has 0 rings (SSSR count). The Morgan fingerprint density at radius 3 is 1.58 bits per heavy atom. The lowest BCUT2D eigenvalue weighted by Gasteiger charge is -2.31. The van der Waals surface area contributed by atoms with Gasteiger partial charge in [-0.1, -0.05) is 20.8 Å². The second-order valence-corrected chi connectivity index (χ2v) is 3.88. The molecule has 2 nitrogen and oxygen atoms in total. The highest BCUT2D eigenvalue weighted by atomic mass is 19.4. The highest BCUT2D eigenvalue weighted by Crippen LogP contribution is 2.29. The summed E-state index contributed by atoms with van der Waals surface area (Å²) in [6.45, 7) is 4.51. The van der Waals surface area contributed by atoms with Gasteiger partial charge in [-0.2, -0.15) is 13.2 Å². The summed E-state index contributed by atoms with van der Waals surface area (Å²) in [5.41, 5.74) is 3.95. The van der Waals surface area contributed by atoms with Crippen LogP contribution in [-0.2, 0) is 0 Å². The van der Waals surface area contributed by atoms with Crippen LogP contribution in [0.5, 0.6) is 0 Å². The van der Waals surface area contributed by atoms with Crippen molar-refractivity contribution in [3.63, 3.8) is 0 Å². The highest BCUT2D eigenvalue weighted by Gasteiger charge is 2.45. The average Bonchev–Trinajstić information content (AvgIpc) is 1.80. The van der Waals surface area contributed by atoms with Crippen LogP contribution in [0.3, 0.4) is 0 Å². The first-order valence-corrected chi connectivity index (χ1v) is 3.57. The lowest BCUT2D eigenvalue weighted by atomic mass is 9.85. The van der Waals surface area contributed by atoms with E-state index < -0.39 is 23.7 Å². The number of rotatable bonds is 1. The van der Waals surface area contributed by atoms with Crippen LogP contribution in [0, 0.1) is 5.41 Å². The number of nitrogens with two attached hydrogens (primary N) is 1. The third-order valence-corrected chi connectivity index (χ3v) is 1.61. The van der Waals surface area contributed by atoms with Crippen molar-refractivity contribution in [1.29, 1.82) is 0 Å². The molecular formula is C7H14F3NO. The monoisotopic (exact) mass is 185 g/mol. The van der Waals surface area contributed by atoms with Gasteiger partial charge in [0, 0.05) is 0 Å². The van der Waals surface area contributed by atoms with Gasteiger partial charge >= 0.3 is 6.18 Å². The zero-order valence-corrected chi connectivity index (χ0v) is 7.31. The second kappa shape index (κ2) is 3.22. The summed E-state index contributed by atoms with van der Waals surface area (Å²) in [7, 11) is 0. The molecule has 0 aromatic heterocycles. The summed E-state index contributed by atoms with van der Waals surface area (Å²) in [4.78, 5) is 0. The van der Waals surface area contributed by atoms with E-state index >= 15 is 0 Å². The first-order chi connectivity index (χ1) is 5.07. The molecule has 0 heterocycles. The van der Waals surface area contributed by atoms with Crippen LogP contribution in [0.15, 0.2) is 0 Å². The number of aliphatic hydroxyl groups excluding tert-OH is 1. The van der Waals surface area contributed by atoms with Gasteiger partial charge in [-0.25, -0.2) is 0 Å². The molecule has 12 heavy (non-hydrogen) atoms. The molecule has 74 valence electrons. The fraction of sp³-hybridized carbons (Fsp3) is 1.00. The molecule has 0 fully saturated rings. The fourth-order valence-electron chi connectivity index (χ4n) is 0.718. The largest absolute Gasteiger partial charge is 0.406 e. The summed E-state index contributed by atoms with van der Waals surface area (Å²) in [6, 6.07) is -2.17. The van der Waals surface area contributed by atoms with Crippen LogP contribution in [-0.4, -0.2) is 23.4 Å². The van der Waals surface area contributed by atoms with Crippen LogP contribution in [0.2, 0.25) is 0 Å². The van der Waals surface area contributed by atoms with E-state index in [0.29, 0.717) is 0 Å². The molecule has 0 radical (unpaired) electrons. The SMILES string of the molecule is CC(C)(C)[C@H](O)[C@H](N)C(F)(F)F. The zero-order chi connectivity index (χ0) is 10.2.